The van der Waals surface area contributed by atoms with Crippen molar-refractivity contribution < 1.29 is 19.7 Å². The summed E-state index contributed by atoms with van der Waals surface area (Å²) in [4.78, 5) is 15.8. The summed E-state index contributed by atoms with van der Waals surface area (Å²) in [5.41, 5.74) is -1.21. The van der Waals surface area contributed by atoms with Crippen molar-refractivity contribution >= 4 is 33.2 Å². The molecule has 20 heavy (non-hydrogen) atoms. The maximum Gasteiger partial charge on any atom is 0.308 e. The van der Waals surface area contributed by atoms with E-state index in [0.29, 0.717) is 37.3 Å². The zero-order chi connectivity index (χ0) is 14.8. The van der Waals surface area contributed by atoms with Gasteiger partial charge in [0.2, 0.25) is 0 Å². The average molecular weight is 364 g/mol. The fourth-order valence-corrected chi connectivity index (χ4v) is 3.85. The van der Waals surface area contributed by atoms with Gasteiger partial charge in [0.25, 0.3) is 0 Å². The van der Waals surface area contributed by atoms with E-state index >= 15 is 0 Å². The maximum atomic E-state index is 11.7. The Labute approximate surface area is 130 Å². The van der Waals surface area contributed by atoms with Crippen LogP contribution in [0.1, 0.15) is 43.7 Å². The number of rotatable bonds is 4. The highest BCUT2D eigenvalue weighted by molar-refractivity contribution is 9.11. The summed E-state index contributed by atoms with van der Waals surface area (Å²) >= 11 is 4.60. The van der Waals surface area contributed by atoms with Crippen molar-refractivity contribution in [2.24, 2.45) is 5.92 Å². The molecule has 1 aliphatic rings. The van der Waals surface area contributed by atoms with Crippen LogP contribution in [0.25, 0.3) is 0 Å². The lowest BCUT2D eigenvalue weighted by atomic mass is 9.76. The van der Waals surface area contributed by atoms with Crippen molar-refractivity contribution in [1.82, 2.24) is 4.98 Å². The lowest BCUT2D eigenvalue weighted by Gasteiger charge is -2.37. The third-order valence-electron chi connectivity index (χ3n) is 3.71. The second-order valence-corrected chi connectivity index (χ2v) is 7.48. The molecule has 1 atom stereocenters. The van der Waals surface area contributed by atoms with E-state index in [4.69, 9.17) is 4.74 Å². The summed E-state index contributed by atoms with van der Waals surface area (Å²) in [7, 11) is 0. The normalized spacial score (nSPS) is 28.1. The van der Waals surface area contributed by atoms with Gasteiger partial charge in [-0.3, -0.25) is 4.79 Å². The number of hydrogen-bond donors (Lipinski definition) is 2. The lowest BCUT2D eigenvalue weighted by molar-refractivity contribution is -0.154. The van der Waals surface area contributed by atoms with Crippen LogP contribution in [0.4, 0.5) is 0 Å². The van der Waals surface area contributed by atoms with Crippen molar-refractivity contribution in [3.63, 3.8) is 0 Å². The predicted molar refractivity (Wildman–Crippen MR) is 78.3 cm³/mol. The largest absolute Gasteiger partial charge is 0.466 e. The summed E-state index contributed by atoms with van der Waals surface area (Å²) in [6, 6.07) is 0. The number of nitrogens with zero attached hydrogens (tertiary/aromatic N) is 1. The van der Waals surface area contributed by atoms with E-state index in [1.165, 1.54) is 11.3 Å². The molecule has 0 aliphatic heterocycles. The molecule has 0 aromatic carbocycles. The summed E-state index contributed by atoms with van der Waals surface area (Å²) in [5, 5.41) is 21.4. The van der Waals surface area contributed by atoms with Gasteiger partial charge in [0.05, 0.1) is 28.1 Å². The number of carbonyl (C=O) groups excluding carboxylic acids is 1. The number of hydrogen-bond acceptors (Lipinski definition) is 6. The third-order valence-corrected chi connectivity index (χ3v) is 5.24. The van der Waals surface area contributed by atoms with Crippen LogP contribution in [0.5, 0.6) is 0 Å². The van der Waals surface area contributed by atoms with Gasteiger partial charge in [-0.15, -0.1) is 11.3 Å². The number of aliphatic hydroxyl groups excluding tert-OH is 1. The second-order valence-electron chi connectivity index (χ2n) is 5.04. The van der Waals surface area contributed by atoms with Crippen LogP contribution in [0.15, 0.2) is 9.98 Å². The molecule has 5 nitrogen and oxygen atoms in total. The van der Waals surface area contributed by atoms with Gasteiger partial charge in [-0.25, -0.2) is 4.98 Å². The average Bonchev–Trinajstić information content (AvgIpc) is 2.85. The number of aromatic nitrogens is 1. The van der Waals surface area contributed by atoms with Crippen molar-refractivity contribution in [3.8, 4) is 0 Å². The molecular formula is C13H18BrNO4S. The van der Waals surface area contributed by atoms with Crippen LogP contribution in [-0.2, 0) is 9.53 Å². The van der Waals surface area contributed by atoms with E-state index in [0.717, 1.165) is 3.79 Å². The first kappa shape index (κ1) is 15.9. The van der Waals surface area contributed by atoms with E-state index in [9.17, 15) is 15.0 Å². The van der Waals surface area contributed by atoms with Gasteiger partial charge in [-0.2, -0.15) is 0 Å². The Morgan fingerprint density at radius 2 is 2.30 bits per heavy atom. The Morgan fingerprint density at radius 1 is 1.65 bits per heavy atom. The molecule has 0 radical (unpaired) electrons. The zero-order valence-electron chi connectivity index (χ0n) is 11.2. The molecule has 0 saturated heterocycles. The molecule has 2 N–H and O–H groups in total. The third kappa shape index (κ3) is 3.39. The smallest absolute Gasteiger partial charge is 0.308 e. The molecule has 1 saturated carbocycles. The fraction of sp³-hybridized carbons (Fsp3) is 0.692. The molecule has 1 fully saturated rings. The molecule has 1 aromatic heterocycles. The van der Waals surface area contributed by atoms with Crippen LogP contribution in [0.2, 0.25) is 0 Å². The standard InChI is InChI=1S/C13H18BrNO4S/c1-2-19-12(17)8-3-5-13(18,6-4-8)10(16)11-15-7-9(14)20-11/h7-8,10,16,18H,2-6H2,1H3/t8-,10?,13+. The molecule has 2 rings (SSSR count). The van der Waals surface area contributed by atoms with Gasteiger partial charge in [-0.1, -0.05) is 0 Å². The monoisotopic (exact) mass is 363 g/mol. The molecule has 0 amide bonds. The lowest BCUT2D eigenvalue weighted by Crippen LogP contribution is -2.41. The highest BCUT2D eigenvalue weighted by atomic mass is 79.9. The highest BCUT2D eigenvalue weighted by Crippen LogP contribution is 2.42. The summed E-state index contributed by atoms with van der Waals surface area (Å²) < 4.78 is 5.81. The number of carbonyl (C=O) groups is 1. The van der Waals surface area contributed by atoms with Crippen LogP contribution >= 0.6 is 27.3 Å². The minimum atomic E-state index is -1.21. The Hall–Kier alpha value is -0.500. The summed E-state index contributed by atoms with van der Waals surface area (Å²) in [6.07, 6.45) is 2.39. The van der Waals surface area contributed by atoms with Crippen molar-refractivity contribution in [1.29, 1.82) is 0 Å². The van der Waals surface area contributed by atoms with Crippen molar-refractivity contribution in [2.45, 2.75) is 44.3 Å². The second kappa shape index (κ2) is 6.51. The number of esters is 1. The number of halogens is 1. The quantitative estimate of drug-likeness (QED) is 0.803. The topological polar surface area (TPSA) is 79.7 Å². The molecule has 0 bridgehead atoms. The minimum Gasteiger partial charge on any atom is -0.466 e. The molecule has 7 heteroatoms. The van der Waals surface area contributed by atoms with E-state index in [-0.39, 0.29) is 11.9 Å². The SMILES string of the molecule is CCOC(=O)[C@H]1CC[C@](O)(C(O)c2ncc(Br)s2)CC1. The van der Waals surface area contributed by atoms with Crippen LogP contribution < -0.4 is 0 Å². The number of ether oxygens (including phenoxy) is 1. The summed E-state index contributed by atoms with van der Waals surface area (Å²) in [5.74, 6) is -0.383. The van der Waals surface area contributed by atoms with Crippen molar-refractivity contribution in [3.05, 3.63) is 15.0 Å². The predicted octanol–water partition coefficient (Wildman–Crippen LogP) is 2.42. The van der Waals surface area contributed by atoms with Crippen LogP contribution in [-0.4, -0.2) is 33.4 Å². The first-order valence-corrected chi connectivity index (χ1v) is 8.25. The van der Waals surface area contributed by atoms with E-state index in [1.54, 1.807) is 13.1 Å². The van der Waals surface area contributed by atoms with Gasteiger partial charge in [0.1, 0.15) is 11.1 Å². The Morgan fingerprint density at radius 3 is 2.80 bits per heavy atom. The van der Waals surface area contributed by atoms with E-state index in [1.807, 2.05) is 0 Å². The van der Waals surface area contributed by atoms with E-state index < -0.39 is 11.7 Å². The van der Waals surface area contributed by atoms with Crippen molar-refractivity contribution in [2.75, 3.05) is 6.61 Å². The molecule has 1 heterocycles. The first-order valence-electron chi connectivity index (χ1n) is 6.64. The molecular weight excluding hydrogens is 346 g/mol. The minimum absolute atomic E-state index is 0.176. The summed E-state index contributed by atoms with van der Waals surface area (Å²) in [6.45, 7) is 2.15. The molecule has 0 spiro atoms. The van der Waals surface area contributed by atoms with Gasteiger partial charge < -0.3 is 14.9 Å². The number of aliphatic hydroxyl groups is 2. The zero-order valence-corrected chi connectivity index (χ0v) is 13.6. The van der Waals surface area contributed by atoms with Gasteiger partial charge >= 0.3 is 5.97 Å². The highest BCUT2D eigenvalue weighted by Gasteiger charge is 2.43. The Bertz CT molecular complexity index is 471. The van der Waals surface area contributed by atoms with Gasteiger partial charge in [0.15, 0.2) is 0 Å². The molecule has 1 aliphatic carbocycles. The first-order chi connectivity index (χ1) is 9.46. The Kier molecular flexibility index (Phi) is 5.17. The van der Waals surface area contributed by atoms with Crippen LogP contribution in [0.3, 0.4) is 0 Å². The maximum absolute atomic E-state index is 11.7. The fourth-order valence-electron chi connectivity index (χ4n) is 2.51. The van der Waals surface area contributed by atoms with Gasteiger partial charge in [-0.05, 0) is 48.5 Å². The van der Waals surface area contributed by atoms with Crippen LogP contribution in [0, 0.1) is 5.92 Å². The molecule has 1 aromatic rings. The molecule has 112 valence electrons. The Balaban J connectivity index is 1.99. The van der Waals surface area contributed by atoms with Gasteiger partial charge in [0, 0.05) is 0 Å². The number of thiazole rings is 1. The van der Waals surface area contributed by atoms with E-state index in [2.05, 4.69) is 20.9 Å². The molecule has 1 unspecified atom stereocenters.